The summed E-state index contributed by atoms with van der Waals surface area (Å²) in [7, 11) is 0. The average Bonchev–Trinajstić information content (AvgIpc) is 1.68. The number of para-hydroxylation sites is 2. The molecule has 406 valence electrons. The van der Waals surface area contributed by atoms with E-state index < -0.39 is 5.41 Å². The minimum Gasteiger partial charge on any atom is -0.309 e. The third kappa shape index (κ3) is 8.17. The van der Waals surface area contributed by atoms with Gasteiger partial charge < -0.3 is 9.13 Å². The molecule has 0 fully saturated rings. The zero-order valence-electron chi connectivity index (χ0n) is 47.7. The molecule has 0 atom stereocenters. The van der Waals surface area contributed by atoms with Gasteiger partial charge in [0.15, 0.2) is 0 Å². The van der Waals surface area contributed by atoms with E-state index in [2.05, 4.69) is 349 Å². The van der Waals surface area contributed by atoms with Crippen molar-refractivity contribution in [2.24, 2.45) is 0 Å². The van der Waals surface area contributed by atoms with Crippen LogP contribution in [-0.2, 0) is 5.41 Å². The highest BCUT2D eigenvalue weighted by atomic mass is 15.0. The number of rotatable bonds is 10. The van der Waals surface area contributed by atoms with Crippen molar-refractivity contribution >= 4 is 43.6 Å². The molecule has 0 N–H and O–H groups in total. The van der Waals surface area contributed by atoms with Gasteiger partial charge in [-0.1, -0.05) is 267 Å². The second-order valence-electron chi connectivity index (χ2n) is 23.1. The van der Waals surface area contributed by atoms with Crippen molar-refractivity contribution in [3.8, 4) is 89.3 Å². The number of hydrogen-bond acceptors (Lipinski definition) is 0. The average molecular weight is 1110 g/mol. The lowest BCUT2D eigenvalue weighted by molar-refractivity contribution is 0.770. The first kappa shape index (κ1) is 50.2. The molecular formula is C85H56N2. The summed E-state index contributed by atoms with van der Waals surface area (Å²) in [5.41, 5.74) is 28.7. The Hall–Kier alpha value is -11.3. The summed E-state index contributed by atoms with van der Waals surface area (Å²) in [6.07, 6.45) is 0. The monoisotopic (exact) mass is 1100 g/mol. The second kappa shape index (κ2) is 20.5. The topological polar surface area (TPSA) is 9.86 Å². The molecule has 0 radical (unpaired) electrons. The SMILES string of the molecule is c1ccc(-c2cccc(-n3c4ccccc4c4cc(-c5ccc6c(c5)c5ccccc5n6-c5ccc(-c6cccc(-c7ccc(-c8cccc(-c9ccccc9C9(c%10ccccc%10)c%10ccccc%10-c%10ccccc%109)c8)cc7)c6)cc5)ccc43)c2)cc1. The van der Waals surface area contributed by atoms with E-state index in [0.717, 1.165) is 11.4 Å². The van der Waals surface area contributed by atoms with Crippen molar-refractivity contribution in [1.29, 1.82) is 0 Å². The van der Waals surface area contributed by atoms with Gasteiger partial charge in [-0.05, 0) is 173 Å². The fourth-order valence-electron chi connectivity index (χ4n) is 14.5. The maximum Gasteiger partial charge on any atom is 0.0719 e. The highest BCUT2D eigenvalue weighted by Crippen LogP contribution is 2.58. The molecule has 2 heterocycles. The first-order chi connectivity index (χ1) is 43.1. The number of benzene rings is 14. The van der Waals surface area contributed by atoms with E-state index in [-0.39, 0.29) is 0 Å². The van der Waals surface area contributed by atoms with Gasteiger partial charge in [-0.25, -0.2) is 0 Å². The minimum atomic E-state index is -0.486. The predicted octanol–water partition coefficient (Wildman–Crippen LogP) is 22.2. The number of nitrogens with zero attached hydrogens (tertiary/aromatic N) is 2. The van der Waals surface area contributed by atoms with Crippen LogP contribution in [0.5, 0.6) is 0 Å². The number of aromatic nitrogens is 2. The number of hydrogen-bond donors (Lipinski definition) is 0. The van der Waals surface area contributed by atoms with Gasteiger partial charge in [-0.2, -0.15) is 0 Å². The van der Waals surface area contributed by atoms with E-state index in [9.17, 15) is 0 Å². The quantitative estimate of drug-likeness (QED) is 0.129. The first-order valence-corrected chi connectivity index (χ1v) is 30.1. The first-order valence-electron chi connectivity index (χ1n) is 30.1. The van der Waals surface area contributed by atoms with Crippen LogP contribution < -0.4 is 0 Å². The summed E-state index contributed by atoms with van der Waals surface area (Å²) in [6.45, 7) is 0. The van der Waals surface area contributed by atoms with Gasteiger partial charge in [0.2, 0.25) is 0 Å². The van der Waals surface area contributed by atoms with E-state index in [1.807, 2.05) is 0 Å². The molecule has 1 aliphatic rings. The zero-order valence-corrected chi connectivity index (χ0v) is 47.7. The highest BCUT2D eigenvalue weighted by Gasteiger charge is 2.47. The molecule has 2 heteroatoms. The molecule has 0 spiro atoms. The molecule has 2 aromatic heterocycles. The molecular weight excluding hydrogens is 1050 g/mol. The molecule has 0 saturated carbocycles. The summed E-state index contributed by atoms with van der Waals surface area (Å²) in [5.74, 6) is 0. The Morgan fingerprint density at radius 1 is 0.184 bits per heavy atom. The summed E-state index contributed by atoms with van der Waals surface area (Å²) in [6, 6.07) is 125. The molecule has 87 heavy (non-hydrogen) atoms. The van der Waals surface area contributed by atoms with Crippen LogP contribution in [0.4, 0.5) is 0 Å². The third-order valence-electron chi connectivity index (χ3n) is 18.4. The van der Waals surface area contributed by atoms with Crippen LogP contribution in [0.25, 0.3) is 133 Å². The molecule has 0 aliphatic heterocycles. The van der Waals surface area contributed by atoms with Crippen LogP contribution in [0.3, 0.4) is 0 Å². The van der Waals surface area contributed by atoms with Crippen molar-refractivity contribution in [3.63, 3.8) is 0 Å². The number of fused-ring (bicyclic) bond motifs is 9. The fraction of sp³-hybridized carbons (Fsp3) is 0.0118. The lowest BCUT2D eigenvalue weighted by atomic mass is 9.66. The van der Waals surface area contributed by atoms with Crippen LogP contribution in [0.15, 0.2) is 340 Å². The van der Waals surface area contributed by atoms with E-state index in [1.165, 1.54) is 144 Å². The van der Waals surface area contributed by atoms with E-state index >= 15 is 0 Å². The molecule has 2 nitrogen and oxygen atoms in total. The van der Waals surface area contributed by atoms with Crippen LogP contribution >= 0.6 is 0 Å². The maximum absolute atomic E-state index is 2.42. The molecule has 14 aromatic carbocycles. The Bertz CT molecular complexity index is 5270. The van der Waals surface area contributed by atoms with Gasteiger partial charge >= 0.3 is 0 Å². The van der Waals surface area contributed by atoms with E-state index in [4.69, 9.17) is 0 Å². The molecule has 1 aliphatic carbocycles. The van der Waals surface area contributed by atoms with Gasteiger partial charge in [0, 0.05) is 32.9 Å². The summed E-state index contributed by atoms with van der Waals surface area (Å²) in [4.78, 5) is 0. The van der Waals surface area contributed by atoms with Gasteiger partial charge in [-0.3, -0.25) is 0 Å². The van der Waals surface area contributed by atoms with Crippen molar-refractivity contribution in [1.82, 2.24) is 9.13 Å². The van der Waals surface area contributed by atoms with Crippen molar-refractivity contribution in [2.75, 3.05) is 0 Å². The normalized spacial score (nSPS) is 12.5. The molecule has 0 amide bonds. The molecule has 17 rings (SSSR count). The van der Waals surface area contributed by atoms with E-state index in [0.29, 0.717) is 0 Å². The van der Waals surface area contributed by atoms with Gasteiger partial charge in [0.1, 0.15) is 0 Å². The van der Waals surface area contributed by atoms with Crippen molar-refractivity contribution in [2.45, 2.75) is 5.41 Å². The Kier molecular flexibility index (Phi) is 11.8. The predicted molar refractivity (Wildman–Crippen MR) is 365 cm³/mol. The Balaban J connectivity index is 0.660. The highest BCUT2D eigenvalue weighted by molar-refractivity contribution is 6.13. The van der Waals surface area contributed by atoms with Crippen molar-refractivity contribution < 1.29 is 0 Å². The smallest absolute Gasteiger partial charge is 0.0719 e. The van der Waals surface area contributed by atoms with Gasteiger partial charge in [0.25, 0.3) is 0 Å². The molecule has 0 unspecified atom stereocenters. The van der Waals surface area contributed by atoms with Gasteiger partial charge in [0.05, 0.1) is 27.5 Å². The molecule has 0 saturated heterocycles. The third-order valence-corrected chi connectivity index (χ3v) is 18.4. The van der Waals surface area contributed by atoms with E-state index in [1.54, 1.807) is 0 Å². The Morgan fingerprint density at radius 3 is 1.08 bits per heavy atom. The second-order valence-corrected chi connectivity index (χ2v) is 23.1. The summed E-state index contributed by atoms with van der Waals surface area (Å²) in [5, 5.41) is 4.96. The lowest BCUT2D eigenvalue weighted by Crippen LogP contribution is -2.29. The molecule has 16 aromatic rings. The largest absolute Gasteiger partial charge is 0.309 e. The van der Waals surface area contributed by atoms with Crippen LogP contribution in [-0.4, -0.2) is 9.13 Å². The van der Waals surface area contributed by atoms with Crippen LogP contribution in [0, 0.1) is 0 Å². The summed E-state index contributed by atoms with van der Waals surface area (Å²) < 4.78 is 4.83. The fourth-order valence-corrected chi connectivity index (χ4v) is 14.5. The van der Waals surface area contributed by atoms with Gasteiger partial charge in [-0.15, -0.1) is 0 Å². The lowest BCUT2D eigenvalue weighted by Gasteiger charge is -2.35. The zero-order chi connectivity index (χ0) is 57.4. The minimum absolute atomic E-state index is 0.486. The van der Waals surface area contributed by atoms with Crippen molar-refractivity contribution in [3.05, 3.63) is 362 Å². The standard InChI is InChI=1S/C85H56N2/c1-3-20-57(21-4-1)64-25-19-29-70(54-64)87-82-39-16-11-34-75(82)77-56-66(47-51-84(77)87)65-46-50-83-76(55-65)74-33-10-15-38-81(74)86(83)69-48-44-60(45-49-69)62-23-17-22-61(52-62)58-40-42-59(43-41-58)63-24-18-26-67(53-63)71-30-7-12-35-78(71)85(68-27-5-2-6-28-68)79-36-13-8-31-72(79)73-32-9-14-37-80(73)85/h1-56H. The molecule has 0 bridgehead atoms. The van der Waals surface area contributed by atoms with Crippen LogP contribution in [0.2, 0.25) is 0 Å². The Labute approximate surface area is 506 Å². The Morgan fingerprint density at radius 2 is 0.529 bits per heavy atom. The van der Waals surface area contributed by atoms with Crippen LogP contribution in [0.1, 0.15) is 22.3 Å². The summed E-state index contributed by atoms with van der Waals surface area (Å²) >= 11 is 0. The maximum atomic E-state index is 2.42.